The predicted octanol–water partition coefficient (Wildman–Crippen LogP) is 4.31. The van der Waals surface area contributed by atoms with Crippen LogP contribution in [0.4, 0.5) is 0 Å². The number of aliphatic hydroxyl groups is 2. The van der Waals surface area contributed by atoms with Crippen molar-refractivity contribution in [2.45, 2.75) is 77.7 Å². The van der Waals surface area contributed by atoms with E-state index in [2.05, 4.69) is 33.4 Å². The number of aliphatic hydroxyl groups excluding tert-OH is 1. The summed E-state index contributed by atoms with van der Waals surface area (Å²) in [5.41, 5.74) is -0.489. The Hall–Kier alpha value is -0.340. The first-order valence-corrected chi connectivity index (χ1v) is 9.20. The lowest BCUT2D eigenvalue weighted by atomic mass is 9.42. The fraction of sp³-hybridized carbons (Fsp3) is 0.900. The Morgan fingerprint density at radius 3 is 2.45 bits per heavy atom. The van der Waals surface area contributed by atoms with Crippen LogP contribution in [0.2, 0.25) is 0 Å². The highest BCUT2D eigenvalue weighted by molar-refractivity contribution is 5.15. The molecule has 6 unspecified atom stereocenters. The van der Waals surface area contributed by atoms with E-state index in [-0.39, 0.29) is 22.9 Å². The van der Waals surface area contributed by atoms with Gasteiger partial charge in [0, 0.05) is 5.41 Å². The van der Waals surface area contributed by atoms with Crippen molar-refractivity contribution in [2.24, 2.45) is 28.1 Å². The predicted molar refractivity (Wildman–Crippen MR) is 90.5 cm³/mol. The number of rotatable bonds is 2. The molecule has 0 aromatic rings. The molecule has 3 aliphatic carbocycles. The summed E-state index contributed by atoms with van der Waals surface area (Å²) >= 11 is 0. The molecule has 3 fully saturated rings. The Morgan fingerprint density at radius 2 is 1.82 bits per heavy atom. The van der Waals surface area contributed by atoms with Crippen LogP contribution < -0.4 is 0 Å². The topological polar surface area (TPSA) is 40.5 Å². The molecular formula is C20H34O2. The van der Waals surface area contributed by atoms with Crippen molar-refractivity contribution in [2.75, 3.05) is 6.61 Å². The van der Waals surface area contributed by atoms with Crippen LogP contribution in [0.25, 0.3) is 0 Å². The van der Waals surface area contributed by atoms with Gasteiger partial charge in [-0.05, 0) is 67.6 Å². The van der Waals surface area contributed by atoms with E-state index in [0.717, 1.165) is 32.1 Å². The molecule has 6 atom stereocenters. The molecular weight excluding hydrogens is 272 g/mol. The second-order valence-electron chi connectivity index (χ2n) is 9.39. The van der Waals surface area contributed by atoms with E-state index in [1.54, 1.807) is 0 Å². The molecule has 0 aliphatic heterocycles. The Kier molecular flexibility index (Phi) is 3.81. The minimum absolute atomic E-state index is 0.116. The third kappa shape index (κ3) is 2.06. The summed E-state index contributed by atoms with van der Waals surface area (Å²) in [4.78, 5) is 0. The van der Waals surface area contributed by atoms with Gasteiger partial charge < -0.3 is 10.2 Å². The molecule has 0 spiro atoms. The smallest absolute Gasteiger partial charge is 0.0756 e. The first-order chi connectivity index (χ1) is 10.2. The van der Waals surface area contributed by atoms with Crippen LogP contribution in [0.1, 0.15) is 72.1 Å². The summed E-state index contributed by atoms with van der Waals surface area (Å²) in [6, 6.07) is 0. The summed E-state index contributed by atoms with van der Waals surface area (Å²) in [6.07, 6.45) is 10.9. The third-order valence-electron chi connectivity index (χ3n) is 8.23. The second-order valence-corrected chi connectivity index (χ2v) is 9.39. The van der Waals surface area contributed by atoms with E-state index in [1.165, 1.54) is 19.3 Å². The highest BCUT2D eigenvalue weighted by atomic mass is 16.3. The highest BCUT2D eigenvalue weighted by Gasteiger charge is 2.63. The highest BCUT2D eigenvalue weighted by Crippen LogP contribution is 2.66. The molecule has 2 N–H and O–H groups in total. The van der Waals surface area contributed by atoms with Gasteiger partial charge in [0.2, 0.25) is 0 Å². The molecule has 0 heterocycles. The Balaban J connectivity index is 1.95. The fourth-order valence-electron chi connectivity index (χ4n) is 6.27. The molecule has 3 aliphatic rings. The van der Waals surface area contributed by atoms with Crippen molar-refractivity contribution in [3.05, 3.63) is 12.7 Å². The number of hydrogen-bond donors (Lipinski definition) is 2. The number of fused-ring (bicyclic) bond motifs is 3. The van der Waals surface area contributed by atoms with Gasteiger partial charge in [0.25, 0.3) is 0 Å². The van der Waals surface area contributed by atoms with Crippen molar-refractivity contribution < 1.29 is 10.2 Å². The van der Waals surface area contributed by atoms with Crippen LogP contribution in [0.5, 0.6) is 0 Å². The van der Waals surface area contributed by atoms with Gasteiger partial charge in [-0.3, -0.25) is 0 Å². The second kappa shape index (κ2) is 5.08. The van der Waals surface area contributed by atoms with Gasteiger partial charge in [0.05, 0.1) is 12.2 Å². The quantitative estimate of drug-likeness (QED) is 0.746. The average molecular weight is 306 g/mol. The SMILES string of the molecule is C=CC1(C)CCC2(C)C(CCC3(O)C2CCCC3(C)CO)C1. The van der Waals surface area contributed by atoms with Gasteiger partial charge in [-0.15, -0.1) is 6.58 Å². The lowest BCUT2D eigenvalue weighted by Gasteiger charge is -2.65. The maximum atomic E-state index is 11.6. The first-order valence-electron chi connectivity index (χ1n) is 9.20. The molecule has 3 rings (SSSR count). The molecule has 0 amide bonds. The van der Waals surface area contributed by atoms with Crippen molar-refractivity contribution >= 4 is 0 Å². The number of allylic oxidation sites excluding steroid dienone is 1. The lowest BCUT2D eigenvalue weighted by Crippen LogP contribution is -2.65. The van der Waals surface area contributed by atoms with Gasteiger partial charge in [-0.25, -0.2) is 0 Å². The van der Waals surface area contributed by atoms with Crippen molar-refractivity contribution in [1.29, 1.82) is 0 Å². The Labute approximate surface area is 136 Å². The minimum atomic E-state index is -0.673. The molecule has 0 saturated heterocycles. The first kappa shape index (κ1) is 16.5. The van der Waals surface area contributed by atoms with Gasteiger partial charge in [-0.2, -0.15) is 0 Å². The third-order valence-corrected chi connectivity index (χ3v) is 8.23. The van der Waals surface area contributed by atoms with E-state index in [0.29, 0.717) is 11.8 Å². The zero-order chi connectivity index (χ0) is 16.2. The molecule has 2 heteroatoms. The van der Waals surface area contributed by atoms with E-state index in [1.807, 2.05) is 0 Å². The molecule has 0 radical (unpaired) electrons. The van der Waals surface area contributed by atoms with Crippen LogP contribution in [0, 0.1) is 28.1 Å². The van der Waals surface area contributed by atoms with Gasteiger partial charge in [-0.1, -0.05) is 33.3 Å². The molecule has 3 saturated carbocycles. The molecule has 126 valence electrons. The normalized spacial score (nSPS) is 55.1. The fourth-order valence-corrected chi connectivity index (χ4v) is 6.27. The van der Waals surface area contributed by atoms with Gasteiger partial charge in [0.15, 0.2) is 0 Å². The Morgan fingerprint density at radius 1 is 1.09 bits per heavy atom. The van der Waals surface area contributed by atoms with Gasteiger partial charge in [0.1, 0.15) is 0 Å². The summed E-state index contributed by atoms with van der Waals surface area (Å²) in [7, 11) is 0. The van der Waals surface area contributed by atoms with E-state index < -0.39 is 5.60 Å². The number of hydrogen-bond acceptors (Lipinski definition) is 2. The van der Waals surface area contributed by atoms with E-state index >= 15 is 0 Å². The largest absolute Gasteiger partial charge is 0.396 e. The molecule has 0 aromatic heterocycles. The maximum absolute atomic E-state index is 11.6. The van der Waals surface area contributed by atoms with Crippen molar-refractivity contribution in [3.8, 4) is 0 Å². The minimum Gasteiger partial charge on any atom is -0.396 e. The van der Waals surface area contributed by atoms with Crippen molar-refractivity contribution in [1.82, 2.24) is 0 Å². The van der Waals surface area contributed by atoms with Crippen LogP contribution in [-0.4, -0.2) is 22.4 Å². The summed E-state index contributed by atoms with van der Waals surface area (Å²) in [5.74, 6) is 1.04. The van der Waals surface area contributed by atoms with Crippen LogP contribution in [-0.2, 0) is 0 Å². The summed E-state index contributed by atoms with van der Waals surface area (Å²) in [5, 5.41) is 21.6. The van der Waals surface area contributed by atoms with Crippen molar-refractivity contribution in [3.63, 3.8) is 0 Å². The van der Waals surface area contributed by atoms with E-state index in [4.69, 9.17) is 0 Å². The monoisotopic (exact) mass is 306 g/mol. The molecule has 0 bridgehead atoms. The molecule has 2 nitrogen and oxygen atoms in total. The summed E-state index contributed by atoms with van der Waals surface area (Å²) in [6.45, 7) is 11.1. The standard InChI is InChI=1S/C20H34O2/c1-5-17(2)11-12-19(4)15(13-17)8-10-20(22)16(19)7-6-9-18(20,3)14-21/h5,15-16,21-22H,1,6-14H2,2-4H3. The van der Waals surface area contributed by atoms with Crippen LogP contribution >= 0.6 is 0 Å². The lowest BCUT2D eigenvalue weighted by molar-refractivity contribution is -0.238. The summed E-state index contributed by atoms with van der Waals surface area (Å²) < 4.78 is 0. The molecule has 22 heavy (non-hydrogen) atoms. The zero-order valence-corrected chi connectivity index (χ0v) is 14.7. The van der Waals surface area contributed by atoms with Gasteiger partial charge >= 0.3 is 0 Å². The Bertz CT molecular complexity index is 461. The zero-order valence-electron chi connectivity index (χ0n) is 14.7. The molecule has 0 aromatic carbocycles. The van der Waals surface area contributed by atoms with Crippen LogP contribution in [0.15, 0.2) is 12.7 Å². The van der Waals surface area contributed by atoms with Crippen LogP contribution in [0.3, 0.4) is 0 Å². The maximum Gasteiger partial charge on any atom is 0.0756 e. The van der Waals surface area contributed by atoms with E-state index in [9.17, 15) is 10.2 Å². The average Bonchev–Trinajstić information content (AvgIpc) is 2.50.